The van der Waals surface area contributed by atoms with E-state index in [-0.39, 0.29) is 5.75 Å². The van der Waals surface area contributed by atoms with Gasteiger partial charge in [0.05, 0.1) is 0 Å². The molecule has 1 unspecified atom stereocenters. The Kier molecular flexibility index (Phi) is 3.95. The zero-order valence-electron chi connectivity index (χ0n) is 8.91. The summed E-state index contributed by atoms with van der Waals surface area (Å²) >= 11 is 0. The minimum absolute atomic E-state index is 0.347. The minimum atomic E-state index is -4.73. The fourth-order valence-electron chi connectivity index (χ4n) is 1.34. The summed E-state index contributed by atoms with van der Waals surface area (Å²) in [6, 6.07) is 4.18. The van der Waals surface area contributed by atoms with E-state index in [0.29, 0.717) is 5.56 Å². The molecule has 1 aromatic rings. The average Bonchev–Trinajstić information content (AvgIpc) is 2.18. The molecule has 0 aliphatic carbocycles. The lowest BCUT2D eigenvalue weighted by molar-refractivity contribution is -0.274. The maximum Gasteiger partial charge on any atom is 0.573 e. The van der Waals surface area contributed by atoms with E-state index >= 15 is 0 Å². The summed E-state index contributed by atoms with van der Waals surface area (Å²) in [7, 11) is 1.52. The first-order chi connectivity index (χ1) is 7.83. The van der Waals surface area contributed by atoms with Crippen molar-refractivity contribution in [3.8, 4) is 5.75 Å². The molecule has 0 bridgehead atoms. The number of alkyl halides is 3. The molecule has 1 rings (SSSR count). The molecule has 1 amide bonds. The van der Waals surface area contributed by atoms with Crippen LogP contribution in [-0.4, -0.2) is 19.3 Å². The zero-order chi connectivity index (χ0) is 13.1. The number of benzene rings is 1. The van der Waals surface area contributed by atoms with Gasteiger partial charge in [-0.1, -0.05) is 12.1 Å². The molecule has 0 aliphatic rings. The van der Waals surface area contributed by atoms with Crippen LogP contribution in [-0.2, 0) is 4.79 Å². The fourth-order valence-corrected chi connectivity index (χ4v) is 1.34. The van der Waals surface area contributed by atoms with Crippen LogP contribution in [0.3, 0.4) is 0 Å². The summed E-state index contributed by atoms with van der Waals surface area (Å²) in [5.41, 5.74) is 5.57. The summed E-state index contributed by atoms with van der Waals surface area (Å²) in [5.74, 6) is -0.961. The highest BCUT2D eigenvalue weighted by atomic mass is 19.4. The third-order valence-corrected chi connectivity index (χ3v) is 2.02. The molecule has 0 aromatic heterocycles. The summed E-state index contributed by atoms with van der Waals surface area (Å²) in [6.45, 7) is 0. The van der Waals surface area contributed by atoms with Crippen LogP contribution in [0.4, 0.5) is 13.2 Å². The number of nitrogens with one attached hydrogen (secondary N) is 1. The molecule has 0 radical (unpaired) electrons. The van der Waals surface area contributed by atoms with Crippen LogP contribution in [0.15, 0.2) is 24.3 Å². The molecule has 1 aromatic carbocycles. The number of hydrogen-bond acceptors (Lipinski definition) is 3. The van der Waals surface area contributed by atoms with Gasteiger partial charge >= 0.3 is 6.36 Å². The van der Waals surface area contributed by atoms with E-state index in [1.165, 1.54) is 19.2 Å². The fraction of sp³-hybridized carbons (Fsp3) is 0.300. The predicted molar refractivity (Wildman–Crippen MR) is 54.1 cm³/mol. The summed E-state index contributed by atoms with van der Waals surface area (Å²) in [5, 5.41) is 2.65. The number of primary amides is 1. The molecule has 0 fully saturated rings. The van der Waals surface area contributed by atoms with Gasteiger partial charge in [-0.15, -0.1) is 13.2 Å². The van der Waals surface area contributed by atoms with Gasteiger partial charge < -0.3 is 15.8 Å². The number of amides is 1. The molecular formula is C10H11F3N2O2. The molecule has 4 nitrogen and oxygen atoms in total. The van der Waals surface area contributed by atoms with E-state index in [2.05, 4.69) is 10.1 Å². The molecule has 7 heteroatoms. The molecule has 0 spiro atoms. The van der Waals surface area contributed by atoms with Crippen molar-refractivity contribution in [2.75, 3.05) is 7.05 Å². The van der Waals surface area contributed by atoms with Gasteiger partial charge in [-0.25, -0.2) is 0 Å². The number of ether oxygens (including phenoxy) is 1. The van der Waals surface area contributed by atoms with Gasteiger partial charge in [-0.3, -0.25) is 4.79 Å². The quantitative estimate of drug-likeness (QED) is 0.844. The van der Waals surface area contributed by atoms with Crippen LogP contribution in [0, 0.1) is 0 Å². The average molecular weight is 248 g/mol. The molecule has 17 heavy (non-hydrogen) atoms. The van der Waals surface area contributed by atoms with Gasteiger partial charge in [-0.05, 0) is 24.7 Å². The predicted octanol–water partition coefficient (Wildman–Crippen LogP) is 1.33. The lowest BCUT2D eigenvalue weighted by atomic mass is 10.1. The number of carbonyl (C=O) groups excluding carboxylic acids is 1. The Bertz CT molecular complexity index is 390. The Morgan fingerprint density at radius 1 is 1.35 bits per heavy atom. The van der Waals surface area contributed by atoms with Crippen molar-refractivity contribution >= 4 is 5.91 Å². The standard InChI is InChI=1S/C10H11F3N2O2/c1-15-8(9(14)16)6-2-4-7(5-3-6)17-10(11,12)13/h2-5,8,15H,1H3,(H2,14,16). The van der Waals surface area contributed by atoms with Crippen LogP contribution in [0.5, 0.6) is 5.75 Å². The van der Waals surface area contributed by atoms with E-state index in [1.807, 2.05) is 0 Å². The second kappa shape index (κ2) is 5.05. The topological polar surface area (TPSA) is 64.3 Å². The molecule has 3 N–H and O–H groups in total. The molecule has 0 heterocycles. The van der Waals surface area contributed by atoms with Crippen LogP contribution in [0.1, 0.15) is 11.6 Å². The van der Waals surface area contributed by atoms with Crippen LogP contribution < -0.4 is 15.8 Å². The Morgan fingerprint density at radius 3 is 2.24 bits per heavy atom. The third-order valence-electron chi connectivity index (χ3n) is 2.02. The lowest BCUT2D eigenvalue weighted by Gasteiger charge is -2.13. The van der Waals surface area contributed by atoms with Gasteiger partial charge in [-0.2, -0.15) is 0 Å². The molecule has 0 saturated carbocycles. The van der Waals surface area contributed by atoms with Gasteiger partial charge in [0, 0.05) is 0 Å². The van der Waals surface area contributed by atoms with Crippen LogP contribution in [0.25, 0.3) is 0 Å². The van der Waals surface area contributed by atoms with Gasteiger partial charge in [0.1, 0.15) is 11.8 Å². The van der Waals surface area contributed by atoms with E-state index < -0.39 is 18.3 Å². The molecule has 0 aliphatic heterocycles. The number of rotatable bonds is 4. The maximum absolute atomic E-state index is 11.9. The van der Waals surface area contributed by atoms with Crippen molar-refractivity contribution in [2.24, 2.45) is 5.73 Å². The maximum atomic E-state index is 11.9. The van der Waals surface area contributed by atoms with E-state index in [0.717, 1.165) is 12.1 Å². The monoisotopic (exact) mass is 248 g/mol. The highest BCUT2D eigenvalue weighted by Gasteiger charge is 2.31. The highest BCUT2D eigenvalue weighted by molar-refractivity contribution is 5.81. The van der Waals surface area contributed by atoms with Crippen molar-refractivity contribution in [2.45, 2.75) is 12.4 Å². The summed E-state index contributed by atoms with van der Waals surface area (Å²) in [6.07, 6.45) is -4.73. The zero-order valence-corrected chi connectivity index (χ0v) is 8.91. The van der Waals surface area contributed by atoms with Gasteiger partial charge in [0.25, 0.3) is 0 Å². The second-order valence-electron chi connectivity index (χ2n) is 3.24. The lowest BCUT2D eigenvalue weighted by Crippen LogP contribution is -2.31. The SMILES string of the molecule is CNC(C(N)=O)c1ccc(OC(F)(F)F)cc1. The molecular weight excluding hydrogens is 237 g/mol. The largest absolute Gasteiger partial charge is 0.573 e. The number of likely N-dealkylation sites (N-methyl/N-ethyl adjacent to an activating group) is 1. The first-order valence-electron chi connectivity index (χ1n) is 4.66. The van der Waals surface area contributed by atoms with E-state index in [4.69, 9.17) is 5.73 Å². The Morgan fingerprint density at radius 2 is 1.88 bits per heavy atom. The smallest absolute Gasteiger partial charge is 0.406 e. The minimum Gasteiger partial charge on any atom is -0.406 e. The highest BCUT2D eigenvalue weighted by Crippen LogP contribution is 2.24. The van der Waals surface area contributed by atoms with Crippen LogP contribution in [0.2, 0.25) is 0 Å². The second-order valence-corrected chi connectivity index (χ2v) is 3.24. The number of halogens is 3. The molecule has 94 valence electrons. The van der Waals surface area contributed by atoms with Crippen LogP contribution >= 0.6 is 0 Å². The van der Waals surface area contributed by atoms with Crippen molar-refractivity contribution in [3.63, 3.8) is 0 Å². The van der Waals surface area contributed by atoms with Crippen molar-refractivity contribution in [3.05, 3.63) is 29.8 Å². The number of nitrogens with two attached hydrogens (primary N) is 1. The van der Waals surface area contributed by atoms with E-state index in [1.54, 1.807) is 0 Å². The Balaban J connectivity index is 2.84. The van der Waals surface area contributed by atoms with Crippen molar-refractivity contribution in [1.82, 2.24) is 5.32 Å². The first-order valence-corrected chi connectivity index (χ1v) is 4.66. The summed E-state index contributed by atoms with van der Waals surface area (Å²) < 4.78 is 39.4. The van der Waals surface area contributed by atoms with Gasteiger partial charge in [0.15, 0.2) is 0 Å². The molecule has 0 saturated heterocycles. The Labute approximate surface area is 95.6 Å². The van der Waals surface area contributed by atoms with Crippen molar-refractivity contribution < 1.29 is 22.7 Å². The van der Waals surface area contributed by atoms with E-state index in [9.17, 15) is 18.0 Å². The normalized spacial score (nSPS) is 13.2. The number of carbonyl (C=O) groups is 1. The first kappa shape index (κ1) is 13.3. The third kappa shape index (κ3) is 3.95. The van der Waals surface area contributed by atoms with Crippen molar-refractivity contribution in [1.29, 1.82) is 0 Å². The molecule has 1 atom stereocenters. The Hall–Kier alpha value is -1.76. The number of hydrogen-bond donors (Lipinski definition) is 2. The summed E-state index contributed by atoms with van der Waals surface area (Å²) in [4.78, 5) is 11.0. The van der Waals surface area contributed by atoms with Gasteiger partial charge in [0.2, 0.25) is 5.91 Å².